The Balaban J connectivity index is 2.27. The van der Waals surface area contributed by atoms with Crippen molar-refractivity contribution < 1.29 is 0 Å². The molecule has 0 amide bonds. The van der Waals surface area contributed by atoms with E-state index in [0.29, 0.717) is 18.5 Å². The van der Waals surface area contributed by atoms with Crippen LogP contribution in [-0.2, 0) is 0 Å². The lowest BCUT2D eigenvalue weighted by Gasteiger charge is -2.33. The van der Waals surface area contributed by atoms with Gasteiger partial charge in [-0.25, -0.2) is 0 Å². The normalized spacial score (nSPS) is 24.8. The van der Waals surface area contributed by atoms with Crippen LogP contribution in [-0.4, -0.2) is 37.1 Å². The topological polar surface area (TPSA) is 30.3 Å². The first-order chi connectivity index (χ1) is 9.13. The van der Waals surface area contributed by atoms with Crippen molar-refractivity contribution in [3.05, 3.63) is 29.8 Å². The minimum absolute atomic E-state index is 0.328. The average Bonchev–Trinajstić information content (AvgIpc) is 2.53. The Morgan fingerprint density at radius 1 is 1.37 bits per heavy atom. The van der Waals surface area contributed by atoms with E-state index in [1.807, 2.05) is 0 Å². The predicted octanol–water partition coefficient (Wildman–Crippen LogP) is 2.81. The maximum Gasteiger partial charge on any atom is 0.0638 e. The zero-order chi connectivity index (χ0) is 13.8. The molecule has 1 fully saturated rings. The second kappa shape index (κ2) is 6.08. The van der Waals surface area contributed by atoms with E-state index in [2.05, 4.69) is 61.0 Å². The molecule has 1 saturated heterocycles. The van der Waals surface area contributed by atoms with Crippen LogP contribution in [0.15, 0.2) is 24.3 Å². The Morgan fingerprint density at radius 3 is 2.79 bits per heavy atom. The van der Waals surface area contributed by atoms with Gasteiger partial charge in [-0.15, -0.1) is 0 Å². The number of nitrogens with zero attached hydrogens (tertiary/aromatic N) is 3. The average molecular weight is 257 g/mol. The highest BCUT2D eigenvalue weighted by molar-refractivity contribution is 5.54. The Kier molecular flexibility index (Phi) is 4.44. The van der Waals surface area contributed by atoms with E-state index in [1.54, 1.807) is 0 Å². The molecule has 1 heterocycles. The summed E-state index contributed by atoms with van der Waals surface area (Å²) in [5.74, 6) is 0. The molecule has 102 valence electrons. The van der Waals surface area contributed by atoms with Gasteiger partial charge < -0.3 is 9.80 Å². The minimum atomic E-state index is 0.328. The molecular formula is C16H23N3. The summed E-state index contributed by atoms with van der Waals surface area (Å²) in [4.78, 5) is 4.80. The maximum atomic E-state index is 9.01. The molecule has 0 aromatic heterocycles. The molecule has 0 radical (unpaired) electrons. The van der Waals surface area contributed by atoms with E-state index >= 15 is 0 Å². The number of likely N-dealkylation sites (N-methyl/N-ethyl adjacent to an activating group) is 1. The molecule has 0 bridgehead atoms. The molecule has 1 aliphatic heterocycles. The van der Waals surface area contributed by atoms with Crippen LogP contribution in [0.25, 0.3) is 0 Å². The van der Waals surface area contributed by atoms with Crippen molar-refractivity contribution in [2.75, 3.05) is 25.0 Å². The lowest BCUT2D eigenvalue weighted by atomic mass is 10.1. The SMILES string of the molecule is Cc1ccccc1N1CC(CC#N)N(C)CCC1C. The first-order valence-corrected chi connectivity index (χ1v) is 7.03. The third kappa shape index (κ3) is 3.08. The third-order valence-electron chi connectivity index (χ3n) is 4.21. The standard InChI is InChI=1S/C16H23N3/c1-13-6-4-5-7-16(13)19-12-15(8-10-17)18(3)11-9-14(19)2/h4-7,14-15H,8-9,11-12H2,1-3H3. The quantitative estimate of drug-likeness (QED) is 0.816. The molecule has 3 heteroatoms. The zero-order valence-electron chi connectivity index (χ0n) is 12.1. The van der Waals surface area contributed by atoms with Crippen molar-refractivity contribution in [2.45, 2.75) is 38.8 Å². The van der Waals surface area contributed by atoms with Crippen molar-refractivity contribution >= 4 is 5.69 Å². The highest BCUT2D eigenvalue weighted by atomic mass is 15.2. The molecule has 2 rings (SSSR count). The number of aryl methyl sites for hydroxylation is 1. The molecule has 0 spiro atoms. The first-order valence-electron chi connectivity index (χ1n) is 7.03. The van der Waals surface area contributed by atoms with Gasteiger partial charge in [-0.1, -0.05) is 18.2 Å². The molecule has 19 heavy (non-hydrogen) atoms. The maximum absolute atomic E-state index is 9.01. The predicted molar refractivity (Wildman–Crippen MR) is 79.3 cm³/mol. The summed E-state index contributed by atoms with van der Waals surface area (Å²) in [7, 11) is 2.13. The van der Waals surface area contributed by atoms with Gasteiger partial charge in [0.05, 0.1) is 12.5 Å². The van der Waals surface area contributed by atoms with Crippen molar-refractivity contribution in [1.82, 2.24) is 4.90 Å². The van der Waals surface area contributed by atoms with E-state index < -0.39 is 0 Å². The van der Waals surface area contributed by atoms with E-state index in [4.69, 9.17) is 5.26 Å². The molecule has 2 atom stereocenters. The van der Waals surface area contributed by atoms with E-state index in [1.165, 1.54) is 11.3 Å². The van der Waals surface area contributed by atoms with Gasteiger partial charge in [0.25, 0.3) is 0 Å². The van der Waals surface area contributed by atoms with Gasteiger partial charge in [-0.2, -0.15) is 5.26 Å². The molecule has 0 saturated carbocycles. The zero-order valence-corrected chi connectivity index (χ0v) is 12.1. The highest BCUT2D eigenvalue weighted by Crippen LogP contribution is 2.26. The summed E-state index contributed by atoms with van der Waals surface area (Å²) < 4.78 is 0. The number of anilines is 1. The van der Waals surface area contributed by atoms with Crippen LogP contribution in [0.1, 0.15) is 25.3 Å². The fourth-order valence-corrected chi connectivity index (χ4v) is 2.82. The summed E-state index contributed by atoms with van der Waals surface area (Å²) in [6.45, 7) is 6.46. The lowest BCUT2D eigenvalue weighted by Crippen LogP contribution is -2.41. The second-order valence-corrected chi connectivity index (χ2v) is 5.57. The number of rotatable bonds is 2. The minimum Gasteiger partial charge on any atom is -0.367 e. The largest absolute Gasteiger partial charge is 0.367 e. The number of hydrogen-bond donors (Lipinski definition) is 0. The van der Waals surface area contributed by atoms with Gasteiger partial charge in [0, 0.05) is 30.9 Å². The van der Waals surface area contributed by atoms with Crippen LogP contribution in [0.4, 0.5) is 5.69 Å². The van der Waals surface area contributed by atoms with Gasteiger partial charge in [0.1, 0.15) is 0 Å². The van der Waals surface area contributed by atoms with Crippen LogP contribution >= 0.6 is 0 Å². The van der Waals surface area contributed by atoms with Crippen molar-refractivity contribution in [2.24, 2.45) is 0 Å². The number of hydrogen-bond acceptors (Lipinski definition) is 3. The van der Waals surface area contributed by atoms with Crippen molar-refractivity contribution in [3.63, 3.8) is 0 Å². The monoisotopic (exact) mass is 257 g/mol. The van der Waals surface area contributed by atoms with Crippen molar-refractivity contribution in [3.8, 4) is 6.07 Å². The summed E-state index contributed by atoms with van der Waals surface area (Å²) in [6.07, 6.45) is 1.75. The summed E-state index contributed by atoms with van der Waals surface area (Å²) in [5, 5.41) is 9.01. The van der Waals surface area contributed by atoms with Gasteiger partial charge in [0.15, 0.2) is 0 Å². The molecule has 0 N–H and O–H groups in total. The summed E-state index contributed by atoms with van der Waals surface area (Å²) in [6, 6.07) is 11.7. The van der Waals surface area contributed by atoms with Crippen LogP contribution in [0.5, 0.6) is 0 Å². The van der Waals surface area contributed by atoms with Crippen molar-refractivity contribution in [1.29, 1.82) is 5.26 Å². The smallest absolute Gasteiger partial charge is 0.0638 e. The fraction of sp³-hybridized carbons (Fsp3) is 0.562. The Labute approximate surface area is 116 Å². The molecular weight excluding hydrogens is 234 g/mol. The van der Waals surface area contributed by atoms with Crippen LogP contribution in [0.3, 0.4) is 0 Å². The molecule has 1 aliphatic rings. The molecule has 3 nitrogen and oxygen atoms in total. The van der Waals surface area contributed by atoms with Gasteiger partial charge in [0.2, 0.25) is 0 Å². The summed E-state index contributed by atoms with van der Waals surface area (Å²) >= 11 is 0. The Hall–Kier alpha value is -1.53. The first kappa shape index (κ1) is 13.9. The molecule has 1 aromatic carbocycles. The van der Waals surface area contributed by atoms with Gasteiger partial charge in [-0.3, -0.25) is 0 Å². The summed E-state index contributed by atoms with van der Waals surface area (Å²) in [5.41, 5.74) is 2.63. The Bertz CT molecular complexity index is 463. The highest BCUT2D eigenvalue weighted by Gasteiger charge is 2.27. The van der Waals surface area contributed by atoms with Gasteiger partial charge >= 0.3 is 0 Å². The fourth-order valence-electron chi connectivity index (χ4n) is 2.82. The van der Waals surface area contributed by atoms with Crippen LogP contribution in [0.2, 0.25) is 0 Å². The number of para-hydroxylation sites is 1. The van der Waals surface area contributed by atoms with Crippen LogP contribution < -0.4 is 4.90 Å². The van der Waals surface area contributed by atoms with Gasteiger partial charge in [-0.05, 0) is 38.9 Å². The van der Waals surface area contributed by atoms with Crippen LogP contribution in [0, 0.1) is 18.3 Å². The third-order valence-corrected chi connectivity index (χ3v) is 4.21. The van der Waals surface area contributed by atoms with E-state index in [0.717, 1.165) is 19.5 Å². The van der Waals surface area contributed by atoms with E-state index in [-0.39, 0.29) is 0 Å². The number of benzene rings is 1. The molecule has 2 unspecified atom stereocenters. The second-order valence-electron chi connectivity index (χ2n) is 5.57. The molecule has 1 aromatic rings. The Morgan fingerprint density at radius 2 is 2.11 bits per heavy atom. The number of nitriles is 1. The lowest BCUT2D eigenvalue weighted by molar-refractivity contribution is 0.263. The van der Waals surface area contributed by atoms with E-state index in [9.17, 15) is 0 Å². The molecule has 0 aliphatic carbocycles.